The van der Waals surface area contributed by atoms with Crippen LogP contribution in [0, 0.1) is 0 Å². The van der Waals surface area contributed by atoms with Gasteiger partial charge in [-0.25, -0.2) is 4.79 Å². The van der Waals surface area contributed by atoms with Gasteiger partial charge in [0.2, 0.25) is 5.78 Å². The molecule has 0 aromatic carbocycles. The van der Waals surface area contributed by atoms with E-state index < -0.39 is 17.7 Å². The van der Waals surface area contributed by atoms with E-state index in [1.165, 1.54) is 109 Å². The molecule has 0 bridgehead atoms. The van der Waals surface area contributed by atoms with Gasteiger partial charge in [-0.05, 0) is 25.7 Å². The van der Waals surface area contributed by atoms with Crippen LogP contribution in [0.4, 0.5) is 0 Å². The van der Waals surface area contributed by atoms with E-state index in [0.29, 0.717) is 12.8 Å². The average molecular weight is 581 g/mol. The van der Waals surface area contributed by atoms with E-state index in [1.54, 1.807) is 0 Å². The molecule has 41 heavy (non-hydrogen) atoms. The summed E-state index contributed by atoms with van der Waals surface area (Å²) in [7, 11) is 0. The van der Waals surface area contributed by atoms with Crippen LogP contribution in [0.15, 0.2) is 0 Å². The third-order valence-corrected chi connectivity index (χ3v) is 8.25. The lowest BCUT2D eigenvalue weighted by Gasteiger charge is -2.10. The van der Waals surface area contributed by atoms with Gasteiger partial charge in [-0.1, -0.05) is 168 Å². The van der Waals surface area contributed by atoms with Crippen molar-refractivity contribution in [1.29, 1.82) is 0 Å². The smallest absolute Gasteiger partial charge is 0.382 e. The predicted octanol–water partition coefficient (Wildman–Crippen LogP) is 10.7. The van der Waals surface area contributed by atoms with Crippen molar-refractivity contribution in [2.75, 3.05) is 0 Å². The normalized spacial score (nSPS) is 12.0. The molecule has 0 rings (SSSR count). The van der Waals surface area contributed by atoms with E-state index in [1.807, 2.05) is 0 Å². The summed E-state index contributed by atoms with van der Waals surface area (Å²) in [5.74, 6) is -2.12. The molecule has 5 heteroatoms. The van der Waals surface area contributed by atoms with Crippen LogP contribution in [0.2, 0.25) is 0 Å². The Hall–Kier alpha value is -1.23. The molecule has 0 radical (unpaired) electrons. The molecule has 0 aliphatic carbocycles. The van der Waals surface area contributed by atoms with Gasteiger partial charge in [0.1, 0.15) is 0 Å². The Bertz CT molecular complexity index is 603. The summed E-state index contributed by atoms with van der Waals surface area (Å²) >= 11 is 0. The molecule has 0 spiro atoms. The van der Waals surface area contributed by atoms with E-state index in [2.05, 4.69) is 13.8 Å². The Morgan fingerprint density at radius 3 is 1.20 bits per heavy atom. The number of esters is 2. The van der Waals surface area contributed by atoms with Crippen molar-refractivity contribution in [3.8, 4) is 0 Å². The number of ether oxygens (including phenoxy) is 1. The van der Waals surface area contributed by atoms with Crippen LogP contribution < -0.4 is 0 Å². The number of Topliss-reactive ketones (excluding diaryl/α,β-unsaturated/α-hetero) is 1. The standard InChI is InChI=1S/C36H68O5/c1-3-5-7-9-10-11-12-13-14-15-16-20-23-27-31-34(38)36(40)41-35(39)32-28-24-21-18-17-19-22-26-30-33(37)29-25-8-6-4-2/h33,37H,3-32H2,1-2H3. The van der Waals surface area contributed by atoms with Crippen molar-refractivity contribution in [1.82, 2.24) is 0 Å². The van der Waals surface area contributed by atoms with Crippen LogP contribution >= 0.6 is 0 Å². The third-order valence-electron chi connectivity index (χ3n) is 8.25. The number of aliphatic hydroxyl groups is 1. The number of ketones is 1. The van der Waals surface area contributed by atoms with Gasteiger partial charge in [0, 0.05) is 12.8 Å². The van der Waals surface area contributed by atoms with Crippen LogP contribution in [-0.4, -0.2) is 28.9 Å². The minimum atomic E-state index is -0.976. The van der Waals surface area contributed by atoms with Crippen molar-refractivity contribution in [3.63, 3.8) is 0 Å². The molecule has 242 valence electrons. The molecular formula is C36H68O5. The fraction of sp³-hybridized carbons (Fsp3) is 0.917. The molecule has 0 fully saturated rings. The monoisotopic (exact) mass is 581 g/mol. The van der Waals surface area contributed by atoms with E-state index in [-0.39, 0.29) is 18.9 Å². The zero-order chi connectivity index (χ0) is 30.2. The zero-order valence-electron chi connectivity index (χ0n) is 27.4. The van der Waals surface area contributed by atoms with Crippen LogP contribution in [-0.2, 0) is 19.1 Å². The number of rotatable bonds is 32. The Balaban J connectivity index is 3.47. The molecule has 0 saturated carbocycles. The fourth-order valence-electron chi connectivity index (χ4n) is 5.45. The molecule has 0 aliphatic rings. The number of carbonyl (C=O) groups excluding carboxylic acids is 3. The molecule has 0 heterocycles. The van der Waals surface area contributed by atoms with Gasteiger partial charge >= 0.3 is 11.9 Å². The van der Waals surface area contributed by atoms with E-state index in [9.17, 15) is 19.5 Å². The van der Waals surface area contributed by atoms with Crippen LogP contribution in [0.5, 0.6) is 0 Å². The van der Waals surface area contributed by atoms with Crippen molar-refractivity contribution in [2.45, 2.75) is 213 Å². The lowest BCUT2D eigenvalue weighted by atomic mass is 10.0. The number of aliphatic hydroxyl groups excluding tert-OH is 1. The van der Waals surface area contributed by atoms with Crippen molar-refractivity contribution < 1.29 is 24.2 Å². The van der Waals surface area contributed by atoms with Gasteiger partial charge in [-0.2, -0.15) is 0 Å². The van der Waals surface area contributed by atoms with Crippen molar-refractivity contribution in [2.24, 2.45) is 0 Å². The summed E-state index contributed by atoms with van der Waals surface area (Å²) in [6, 6.07) is 0. The fourth-order valence-corrected chi connectivity index (χ4v) is 5.45. The molecule has 0 saturated heterocycles. The quantitative estimate of drug-likeness (QED) is 0.0370. The maximum absolute atomic E-state index is 12.0. The number of hydrogen-bond donors (Lipinski definition) is 1. The highest BCUT2D eigenvalue weighted by Crippen LogP contribution is 2.15. The van der Waals surface area contributed by atoms with Gasteiger partial charge in [-0.3, -0.25) is 9.59 Å². The van der Waals surface area contributed by atoms with E-state index in [4.69, 9.17) is 4.74 Å². The number of carbonyl (C=O) groups is 3. The number of hydrogen-bond acceptors (Lipinski definition) is 5. The molecule has 1 N–H and O–H groups in total. The largest absolute Gasteiger partial charge is 0.393 e. The Morgan fingerprint density at radius 2 is 0.780 bits per heavy atom. The van der Waals surface area contributed by atoms with Crippen LogP contribution in [0.1, 0.15) is 206 Å². The summed E-state index contributed by atoms with van der Waals surface area (Å²) in [5, 5.41) is 10.0. The second-order valence-corrected chi connectivity index (χ2v) is 12.4. The molecular weight excluding hydrogens is 512 g/mol. The van der Waals surface area contributed by atoms with E-state index in [0.717, 1.165) is 57.8 Å². The molecule has 0 amide bonds. The highest BCUT2D eigenvalue weighted by atomic mass is 16.6. The Kier molecular flexibility index (Phi) is 30.7. The summed E-state index contributed by atoms with van der Waals surface area (Å²) in [6.07, 6.45) is 32.9. The summed E-state index contributed by atoms with van der Waals surface area (Å²) < 4.78 is 4.76. The predicted molar refractivity (Wildman–Crippen MR) is 172 cm³/mol. The van der Waals surface area contributed by atoms with Crippen LogP contribution in [0.3, 0.4) is 0 Å². The lowest BCUT2D eigenvalue weighted by molar-refractivity contribution is -0.164. The zero-order valence-corrected chi connectivity index (χ0v) is 27.4. The van der Waals surface area contributed by atoms with Gasteiger partial charge in [-0.15, -0.1) is 0 Å². The molecule has 5 nitrogen and oxygen atoms in total. The summed E-state index contributed by atoms with van der Waals surface area (Å²) in [6.45, 7) is 4.46. The minimum Gasteiger partial charge on any atom is -0.393 e. The second-order valence-electron chi connectivity index (χ2n) is 12.4. The maximum atomic E-state index is 12.0. The average Bonchev–Trinajstić information content (AvgIpc) is 2.96. The topological polar surface area (TPSA) is 80.7 Å². The second kappa shape index (κ2) is 31.7. The third kappa shape index (κ3) is 30.0. The minimum absolute atomic E-state index is 0.127. The number of unbranched alkanes of at least 4 members (excludes halogenated alkanes) is 23. The lowest BCUT2D eigenvalue weighted by Crippen LogP contribution is -2.21. The van der Waals surface area contributed by atoms with Gasteiger partial charge in [0.05, 0.1) is 6.10 Å². The highest BCUT2D eigenvalue weighted by Gasteiger charge is 2.18. The first-order chi connectivity index (χ1) is 20.0. The highest BCUT2D eigenvalue weighted by molar-refractivity contribution is 6.35. The molecule has 0 aliphatic heterocycles. The summed E-state index contributed by atoms with van der Waals surface area (Å²) in [5.41, 5.74) is 0. The molecule has 0 aromatic rings. The SMILES string of the molecule is CCCCCCCCCCCCCCCCC(=O)C(=O)OC(=O)CCCCCCCCCCC(O)CCCCCC. The van der Waals surface area contributed by atoms with Crippen LogP contribution in [0.25, 0.3) is 0 Å². The van der Waals surface area contributed by atoms with Gasteiger partial charge < -0.3 is 9.84 Å². The molecule has 0 aromatic heterocycles. The van der Waals surface area contributed by atoms with Gasteiger partial charge in [0.25, 0.3) is 0 Å². The maximum Gasteiger partial charge on any atom is 0.382 e. The van der Waals surface area contributed by atoms with Crippen molar-refractivity contribution in [3.05, 3.63) is 0 Å². The van der Waals surface area contributed by atoms with Crippen molar-refractivity contribution >= 4 is 17.7 Å². The first kappa shape index (κ1) is 39.8. The summed E-state index contributed by atoms with van der Waals surface area (Å²) in [4.78, 5) is 35.8. The molecule has 1 unspecified atom stereocenters. The Labute approximate surface area is 254 Å². The molecule has 1 atom stereocenters. The first-order valence-corrected chi connectivity index (χ1v) is 18.0. The van der Waals surface area contributed by atoms with E-state index >= 15 is 0 Å². The first-order valence-electron chi connectivity index (χ1n) is 18.0. The van der Waals surface area contributed by atoms with Gasteiger partial charge in [0.15, 0.2) is 0 Å². The Morgan fingerprint density at radius 1 is 0.463 bits per heavy atom.